The molecule has 0 atom stereocenters. The van der Waals surface area contributed by atoms with E-state index in [1.807, 2.05) is 30.3 Å². The summed E-state index contributed by atoms with van der Waals surface area (Å²) in [5.41, 5.74) is 7.98. The minimum Gasteiger partial charge on any atom is -0.477 e. The van der Waals surface area contributed by atoms with E-state index in [0.717, 1.165) is 5.69 Å². The van der Waals surface area contributed by atoms with Crippen LogP contribution in [0.2, 0.25) is 0 Å². The fraction of sp³-hybridized carbons (Fsp3) is 0.0500. The first-order valence-corrected chi connectivity index (χ1v) is 8.19. The van der Waals surface area contributed by atoms with Crippen LogP contribution in [0.15, 0.2) is 66.4 Å². The first kappa shape index (κ1) is 17.9. The molecule has 0 aliphatic carbocycles. The number of nitrogens with two attached hydrogens (primary N) is 1. The van der Waals surface area contributed by atoms with Crippen LogP contribution in [-0.2, 0) is 4.79 Å². The third kappa shape index (κ3) is 3.87. The van der Waals surface area contributed by atoms with Gasteiger partial charge in [0.1, 0.15) is 11.5 Å². The summed E-state index contributed by atoms with van der Waals surface area (Å²) in [7, 11) is 0. The monoisotopic (exact) mass is 362 g/mol. The van der Waals surface area contributed by atoms with Gasteiger partial charge in [-0.2, -0.15) is 5.10 Å². The van der Waals surface area contributed by atoms with E-state index >= 15 is 0 Å². The van der Waals surface area contributed by atoms with E-state index in [9.17, 15) is 14.7 Å². The maximum Gasteiger partial charge on any atom is 0.352 e. The third-order valence-electron chi connectivity index (χ3n) is 3.95. The molecule has 136 valence electrons. The number of carbonyl (C=O) groups is 2. The molecule has 4 N–H and O–H groups in total. The third-order valence-corrected chi connectivity index (χ3v) is 3.95. The molecule has 3 rings (SSSR count). The van der Waals surface area contributed by atoms with E-state index in [1.165, 1.54) is 10.8 Å². The Balaban J connectivity index is 1.96. The second kappa shape index (κ2) is 7.57. The zero-order chi connectivity index (χ0) is 19.4. The summed E-state index contributed by atoms with van der Waals surface area (Å²) >= 11 is 0. The predicted molar refractivity (Wildman–Crippen MR) is 102 cm³/mol. The Kier molecular flexibility index (Phi) is 5.03. The number of benzene rings is 2. The zero-order valence-electron chi connectivity index (χ0n) is 14.6. The van der Waals surface area contributed by atoms with Gasteiger partial charge in [-0.05, 0) is 37.3 Å². The molecule has 27 heavy (non-hydrogen) atoms. The van der Waals surface area contributed by atoms with Crippen LogP contribution in [0.5, 0.6) is 0 Å². The number of hydrogen-bond donors (Lipinski definition) is 3. The highest BCUT2D eigenvalue weighted by Gasteiger charge is 2.17. The molecule has 1 aromatic heterocycles. The van der Waals surface area contributed by atoms with E-state index < -0.39 is 11.9 Å². The number of hydrogen-bond acceptors (Lipinski definition) is 4. The lowest BCUT2D eigenvalue weighted by Crippen LogP contribution is -2.27. The van der Waals surface area contributed by atoms with Crippen molar-refractivity contribution >= 4 is 23.8 Å². The second-order valence-electron chi connectivity index (χ2n) is 5.81. The molecule has 0 aliphatic rings. The number of aromatic nitrogens is 2. The lowest BCUT2D eigenvalue weighted by atomic mass is 10.1. The van der Waals surface area contributed by atoms with Crippen molar-refractivity contribution in [3.63, 3.8) is 0 Å². The van der Waals surface area contributed by atoms with Crippen LogP contribution in [0.4, 0.5) is 5.82 Å². The van der Waals surface area contributed by atoms with Crippen molar-refractivity contribution in [3.8, 4) is 5.69 Å². The smallest absolute Gasteiger partial charge is 0.352 e. The van der Waals surface area contributed by atoms with Crippen LogP contribution >= 0.6 is 0 Å². The lowest BCUT2D eigenvalue weighted by Gasteiger charge is -2.07. The van der Waals surface area contributed by atoms with Gasteiger partial charge in [-0.15, -0.1) is 0 Å². The number of nitrogen functional groups attached to an aromatic ring is 1. The molecular weight excluding hydrogens is 344 g/mol. The molecule has 7 nitrogen and oxygen atoms in total. The summed E-state index contributed by atoms with van der Waals surface area (Å²) < 4.78 is 1.53. The molecule has 0 aliphatic heterocycles. The first-order valence-electron chi connectivity index (χ1n) is 8.19. The predicted octanol–water partition coefficient (Wildman–Crippen LogP) is 2.62. The van der Waals surface area contributed by atoms with Crippen molar-refractivity contribution in [2.24, 2.45) is 0 Å². The molecule has 1 amide bonds. The second-order valence-corrected chi connectivity index (χ2v) is 5.81. The molecule has 0 saturated heterocycles. The van der Waals surface area contributed by atoms with E-state index in [-0.39, 0.29) is 11.5 Å². The number of anilines is 1. The van der Waals surface area contributed by atoms with Gasteiger partial charge in [-0.25, -0.2) is 9.48 Å². The number of carbonyl (C=O) groups excluding carboxylic acids is 1. The highest BCUT2D eigenvalue weighted by molar-refractivity contribution is 6.03. The minimum absolute atomic E-state index is 0.284. The van der Waals surface area contributed by atoms with Crippen LogP contribution < -0.4 is 11.1 Å². The first-order chi connectivity index (χ1) is 13.0. The number of carboxylic acids is 1. The molecule has 2 aromatic carbocycles. The molecule has 0 bridgehead atoms. The molecule has 0 radical (unpaired) electrons. The number of aliphatic carboxylic acids is 1. The molecule has 3 aromatic rings. The van der Waals surface area contributed by atoms with E-state index in [0.29, 0.717) is 16.8 Å². The standard InChI is InChI=1S/C20H18N4O3/c1-13-16(18(21)24(23-13)15-10-6-3-7-11-15)12-17(20(26)27)22-19(25)14-8-4-2-5-9-14/h2-12H,21H2,1H3,(H,22,25)(H,26,27)/b17-12+. The summed E-state index contributed by atoms with van der Waals surface area (Å²) in [5, 5.41) is 16.3. The van der Waals surface area contributed by atoms with Gasteiger partial charge in [0.05, 0.1) is 11.4 Å². The maximum absolute atomic E-state index is 12.3. The quantitative estimate of drug-likeness (QED) is 0.604. The van der Waals surface area contributed by atoms with Crippen molar-refractivity contribution in [1.82, 2.24) is 15.1 Å². The van der Waals surface area contributed by atoms with Crippen molar-refractivity contribution in [2.45, 2.75) is 6.92 Å². The molecule has 1 heterocycles. The maximum atomic E-state index is 12.3. The number of aryl methyl sites for hydroxylation is 1. The van der Waals surface area contributed by atoms with E-state index in [2.05, 4.69) is 10.4 Å². The average molecular weight is 362 g/mol. The Morgan fingerprint density at radius 1 is 1.07 bits per heavy atom. The number of carboxylic acid groups (broad SMARTS) is 1. The number of rotatable bonds is 5. The molecule has 0 unspecified atom stereocenters. The van der Waals surface area contributed by atoms with Gasteiger partial charge >= 0.3 is 5.97 Å². The fourth-order valence-electron chi connectivity index (χ4n) is 2.58. The van der Waals surface area contributed by atoms with Crippen LogP contribution in [0.25, 0.3) is 11.8 Å². The molecule has 0 fully saturated rings. The molecular formula is C20H18N4O3. The Bertz CT molecular complexity index is 1010. The van der Waals surface area contributed by atoms with Crippen LogP contribution in [0, 0.1) is 6.92 Å². The fourth-order valence-corrected chi connectivity index (χ4v) is 2.58. The highest BCUT2D eigenvalue weighted by atomic mass is 16.4. The Labute approximate surface area is 155 Å². The molecule has 0 saturated carbocycles. The molecule has 0 spiro atoms. The van der Waals surface area contributed by atoms with E-state index in [4.69, 9.17) is 5.73 Å². The number of para-hydroxylation sites is 1. The topological polar surface area (TPSA) is 110 Å². The van der Waals surface area contributed by atoms with Gasteiger partial charge in [0, 0.05) is 11.1 Å². The van der Waals surface area contributed by atoms with Crippen LogP contribution in [0.1, 0.15) is 21.6 Å². The number of amides is 1. The Morgan fingerprint density at radius 2 is 1.67 bits per heavy atom. The highest BCUT2D eigenvalue weighted by Crippen LogP contribution is 2.23. The Hall–Kier alpha value is -3.87. The summed E-state index contributed by atoms with van der Waals surface area (Å²) in [4.78, 5) is 23.9. The SMILES string of the molecule is Cc1nn(-c2ccccc2)c(N)c1/C=C(/NC(=O)c1ccccc1)C(=O)O. The number of nitrogens with zero attached hydrogens (tertiary/aromatic N) is 2. The summed E-state index contributed by atoms with van der Waals surface area (Å²) in [6, 6.07) is 17.6. The lowest BCUT2D eigenvalue weighted by molar-refractivity contribution is -0.132. The van der Waals surface area contributed by atoms with Crippen LogP contribution in [0.3, 0.4) is 0 Å². The van der Waals surface area contributed by atoms with Crippen molar-refractivity contribution in [2.75, 3.05) is 5.73 Å². The van der Waals surface area contributed by atoms with Gasteiger partial charge in [-0.3, -0.25) is 4.79 Å². The van der Waals surface area contributed by atoms with Gasteiger partial charge in [0.25, 0.3) is 5.91 Å². The largest absolute Gasteiger partial charge is 0.477 e. The zero-order valence-corrected chi connectivity index (χ0v) is 14.6. The van der Waals surface area contributed by atoms with Gasteiger partial charge in [0.2, 0.25) is 0 Å². The van der Waals surface area contributed by atoms with Gasteiger partial charge in [0.15, 0.2) is 0 Å². The van der Waals surface area contributed by atoms with Crippen molar-refractivity contribution < 1.29 is 14.7 Å². The summed E-state index contributed by atoms with van der Waals surface area (Å²) in [6.45, 7) is 1.72. The minimum atomic E-state index is -1.27. The van der Waals surface area contributed by atoms with Gasteiger partial charge in [-0.1, -0.05) is 36.4 Å². The average Bonchev–Trinajstić information content (AvgIpc) is 2.96. The summed E-state index contributed by atoms with van der Waals surface area (Å²) in [5.74, 6) is -1.51. The van der Waals surface area contributed by atoms with Crippen LogP contribution in [-0.4, -0.2) is 26.8 Å². The van der Waals surface area contributed by atoms with Crippen molar-refractivity contribution in [3.05, 3.63) is 83.2 Å². The Morgan fingerprint density at radius 3 is 2.26 bits per heavy atom. The van der Waals surface area contributed by atoms with Gasteiger partial charge < -0.3 is 16.2 Å². The molecule has 7 heteroatoms. The normalized spacial score (nSPS) is 11.2. The van der Waals surface area contributed by atoms with Crippen molar-refractivity contribution in [1.29, 1.82) is 0 Å². The summed E-state index contributed by atoms with van der Waals surface area (Å²) in [6.07, 6.45) is 1.32. The van der Waals surface area contributed by atoms with E-state index in [1.54, 1.807) is 37.3 Å². The number of nitrogens with one attached hydrogen (secondary N) is 1.